The highest BCUT2D eigenvalue weighted by atomic mass is 19.4. The van der Waals surface area contributed by atoms with Crippen LogP contribution in [0.3, 0.4) is 0 Å². The molecule has 3 amide bonds. The van der Waals surface area contributed by atoms with Gasteiger partial charge in [0.1, 0.15) is 17.0 Å². The van der Waals surface area contributed by atoms with Gasteiger partial charge in [0.2, 0.25) is 0 Å². The molecule has 12 heteroatoms. The molecule has 4 rings (SSSR count). The summed E-state index contributed by atoms with van der Waals surface area (Å²) in [5.74, 6) is -0.303. The zero-order valence-corrected chi connectivity index (χ0v) is 27.4. The number of amides is 3. The molecule has 2 N–H and O–H groups in total. The number of nitrogens with one attached hydrogen (secondary N) is 1. The molecule has 1 saturated heterocycles. The highest BCUT2D eigenvalue weighted by Crippen LogP contribution is 2.50. The summed E-state index contributed by atoms with van der Waals surface area (Å²) in [4.78, 5) is 27.5. The number of benzene rings is 3. The number of urea groups is 1. The van der Waals surface area contributed by atoms with Crippen molar-refractivity contribution in [2.24, 2.45) is 0 Å². The Kier molecular flexibility index (Phi) is 10.8. The van der Waals surface area contributed by atoms with Crippen LogP contribution in [0.4, 0.5) is 31.1 Å². The SMILES string of the molecule is CC.CCCc1cc(C(O)(C(F)(F)F)C(F)(F)F)ccc1Oc1cccc(CN2C(=O)NC(C)(c3ccc(C(C)(C)C)cc3)C2=O)c1. The molecule has 1 heterocycles. The van der Waals surface area contributed by atoms with E-state index in [2.05, 4.69) is 26.1 Å². The van der Waals surface area contributed by atoms with Crippen LogP contribution in [0.25, 0.3) is 0 Å². The van der Waals surface area contributed by atoms with E-state index in [1.165, 1.54) is 12.1 Å². The van der Waals surface area contributed by atoms with Gasteiger partial charge in [0.05, 0.1) is 6.54 Å². The van der Waals surface area contributed by atoms with E-state index in [1.807, 2.05) is 26.0 Å². The smallest absolute Gasteiger partial charge is 0.430 e. The van der Waals surface area contributed by atoms with Gasteiger partial charge in [-0.2, -0.15) is 26.3 Å². The van der Waals surface area contributed by atoms with Crippen LogP contribution in [0.15, 0.2) is 66.7 Å². The summed E-state index contributed by atoms with van der Waals surface area (Å²) in [6.07, 6.45) is -11.6. The number of nitrogens with zero attached hydrogens (tertiary/aromatic N) is 1. The van der Waals surface area contributed by atoms with Gasteiger partial charge in [0.25, 0.3) is 11.5 Å². The van der Waals surface area contributed by atoms with Crippen molar-refractivity contribution in [1.82, 2.24) is 10.2 Å². The number of hydrogen-bond donors (Lipinski definition) is 2. The Morgan fingerprint density at radius 1 is 0.851 bits per heavy atom. The minimum atomic E-state index is -6.02. The first-order valence-corrected chi connectivity index (χ1v) is 15.2. The lowest BCUT2D eigenvalue weighted by Crippen LogP contribution is -2.53. The Morgan fingerprint density at radius 2 is 1.43 bits per heavy atom. The van der Waals surface area contributed by atoms with Gasteiger partial charge < -0.3 is 15.2 Å². The molecule has 256 valence electrons. The van der Waals surface area contributed by atoms with Gasteiger partial charge in [-0.25, -0.2) is 4.79 Å². The topological polar surface area (TPSA) is 78.9 Å². The normalized spacial score (nSPS) is 17.3. The molecule has 0 saturated carbocycles. The van der Waals surface area contributed by atoms with E-state index in [0.717, 1.165) is 16.5 Å². The number of alkyl halides is 6. The largest absolute Gasteiger partial charge is 0.457 e. The van der Waals surface area contributed by atoms with E-state index < -0.39 is 41.0 Å². The molecule has 47 heavy (non-hydrogen) atoms. The quantitative estimate of drug-likeness (QED) is 0.186. The minimum absolute atomic E-state index is 0.00859. The fourth-order valence-corrected chi connectivity index (χ4v) is 5.21. The zero-order chi connectivity index (χ0) is 35.6. The van der Waals surface area contributed by atoms with Crippen LogP contribution in [-0.4, -0.2) is 34.3 Å². The molecule has 1 atom stereocenters. The molecule has 1 aliphatic heterocycles. The van der Waals surface area contributed by atoms with E-state index >= 15 is 0 Å². The van der Waals surface area contributed by atoms with Crippen molar-refractivity contribution in [2.45, 2.75) is 96.8 Å². The van der Waals surface area contributed by atoms with Gasteiger partial charge in [0.15, 0.2) is 0 Å². The lowest BCUT2D eigenvalue weighted by atomic mass is 9.84. The Bertz CT molecular complexity index is 1560. The molecule has 0 radical (unpaired) electrons. The maximum atomic E-state index is 13.5. The highest BCUT2D eigenvalue weighted by molar-refractivity contribution is 6.07. The molecule has 1 unspecified atom stereocenters. The minimum Gasteiger partial charge on any atom is -0.457 e. The van der Waals surface area contributed by atoms with Crippen LogP contribution in [0.1, 0.15) is 82.7 Å². The summed E-state index contributed by atoms with van der Waals surface area (Å²) in [6, 6.07) is 15.2. The maximum absolute atomic E-state index is 13.5. The summed E-state index contributed by atoms with van der Waals surface area (Å²) in [6.45, 7) is 13.4. The standard InChI is InChI=1S/C33H34F6N2O4.C2H6/c1-6-8-21-18-24(31(44,32(34,35)36)33(37,38)39)15-16-26(21)45-25-10-7-9-20(17-25)19-41-27(42)30(5,40-28(41)43)23-13-11-22(12-14-23)29(2,3)4;1-2/h7,9-18,44H,6,8,19H2,1-5H3,(H,40,43);1-2H3. The second-order valence-corrected chi connectivity index (χ2v) is 12.3. The van der Waals surface area contributed by atoms with Crippen molar-refractivity contribution < 1.29 is 45.8 Å². The molecule has 6 nitrogen and oxygen atoms in total. The highest BCUT2D eigenvalue weighted by Gasteiger charge is 2.71. The summed E-state index contributed by atoms with van der Waals surface area (Å²) < 4.78 is 86.6. The lowest BCUT2D eigenvalue weighted by Gasteiger charge is -2.33. The van der Waals surface area contributed by atoms with Crippen molar-refractivity contribution in [3.63, 3.8) is 0 Å². The van der Waals surface area contributed by atoms with Crippen LogP contribution in [0, 0.1) is 0 Å². The summed E-state index contributed by atoms with van der Waals surface area (Å²) in [7, 11) is 0. The first kappa shape index (κ1) is 37.4. The van der Waals surface area contributed by atoms with Crippen LogP contribution in [0.2, 0.25) is 0 Å². The van der Waals surface area contributed by atoms with Crippen molar-refractivity contribution >= 4 is 11.9 Å². The molecule has 3 aromatic carbocycles. The van der Waals surface area contributed by atoms with Crippen molar-refractivity contribution in [3.8, 4) is 11.5 Å². The van der Waals surface area contributed by atoms with Crippen LogP contribution < -0.4 is 10.1 Å². The Hall–Kier alpha value is -4.06. The number of aliphatic hydroxyl groups is 1. The Morgan fingerprint density at radius 3 is 1.96 bits per heavy atom. The Balaban J connectivity index is 0.00000294. The van der Waals surface area contributed by atoms with Crippen LogP contribution in [-0.2, 0) is 34.3 Å². The van der Waals surface area contributed by atoms with Gasteiger partial charge >= 0.3 is 18.4 Å². The van der Waals surface area contributed by atoms with Crippen molar-refractivity contribution in [2.75, 3.05) is 0 Å². The molecule has 1 aliphatic rings. The maximum Gasteiger partial charge on any atom is 0.430 e. The molecule has 0 spiro atoms. The zero-order valence-electron chi connectivity index (χ0n) is 27.4. The van der Waals surface area contributed by atoms with Crippen molar-refractivity contribution in [3.05, 3.63) is 94.5 Å². The number of ether oxygens (including phenoxy) is 1. The van der Waals surface area contributed by atoms with E-state index in [1.54, 1.807) is 38.1 Å². The fraction of sp³-hybridized carbons (Fsp3) is 0.429. The number of halogens is 6. The molecular formula is C35H40F6N2O4. The summed E-state index contributed by atoms with van der Waals surface area (Å²) in [5, 5.41) is 12.6. The molecular weight excluding hydrogens is 626 g/mol. The average Bonchev–Trinajstić information content (AvgIpc) is 3.21. The number of rotatable bonds is 8. The predicted octanol–water partition coefficient (Wildman–Crippen LogP) is 9.03. The van der Waals surface area contributed by atoms with E-state index in [9.17, 15) is 41.0 Å². The second kappa shape index (κ2) is 13.6. The average molecular weight is 667 g/mol. The van der Waals surface area contributed by atoms with Crippen molar-refractivity contribution in [1.29, 1.82) is 0 Å². The van der Waals surface area contributed by atoms with Gasteiger partial charge in [-0.1, -0.05) is 90.4 Å². The first-order chi connectivity index (χ1) is 21.7. The third-order valence-corrected chi connectivity index (χ3v) is 7.89. The van der Waals surface area contributed by atoms with E-state index in [-0.39, 0.29) is 35.4 Å². The number of imide groups is 1. The lowest BCUT2D eigenvalue weighted by molar-refractivity contribution is -0.376. The number of hydrogen-bond acceptors (Lipinski definition) is 4. The van der Waals surface area contributed by atoms with Gasteiger partial charge in [0, 0.05) is 5.56 Å². The molecule has 0 aliphatic carbocycles. The summed E-state index contributed by atoms with van der Waals surface area (Å²) in [5.41, 5.74) is -5.65. The number of carbonyl (C=O) groups is 2. The monoisotopic (exact) mass is 666 g/mol. The fourth-order valence-electron chi connectivity index (χ4n) is 5.21. The molecule has 3 aromatic rings. The third-order valence-electron chi connectivity index (χ3n) is 7.89. The first-order valence-electron chi connectivity index (χ1n) is 15.2. The second-order valence-electron chi connectivity index (χ2n) is 12.3. The van der Waals surface area contributed by atoms with Gasteiger partial charge in [-0.3, -0.25) is 9.69 Å². The third kappa shape index (κ3) is 7.42. The van der Waals surface area contributed by atoms with E-state index in [0.29, 0.717) is 29.7 Å². The molecule has 0 bridgehead atoms. The summed E-state index contributed by atoms with van der Waals surface area (Å²) >= 11 is 0. The molecule has 1 fully saturated rings. The number of carbonyl (C=O) groups excluding carboxylic acids is 2. The number of aryl methyl sites for hydroxylation is 1. The Labute approximate surface area is 270 Å². The van der Waals surface area contributed by atoms with Crippen LogP contribution in [0.5, 0.6) is 11.5 Å². The molecule has 0 aromatic heterocycles. The van der Waals surface area contributed by atoms with Gasteiger partial charge in [-0.15, -0.1) is 0 Å². The van der Waals surface area contributed by atoms with Gasteiger partial charge in [-0.05, 0) is 65.3 Å². The van der Waals surface area contributed by atoms with Crippen LogP contribution >= 0.6 is 0 Å². The van der Waals surface area contributed by atoms with E-state index in [4.69, 9.17) is 4.74 Å². The predicted molar refractivity (Wildman–Crippen MR) is 166 cm³/mol.